The molecule has 1 N–H and O–H groups in total. The molecule has 0 amide bonds. The summed E-state index contributed by atoms with van der Waals surface area (Å²) in [5.74, 6) is 0. The number of ether oxygens (including phenoxy) is 2. The molecule has 0 aliphatic carbocycles. The molecule has 2 aliphatic rings. The van der Waals surface area contributed by atoms with Gasteiger partial charge < -0.3 is 14.5 Å². The van der Waals surface area contributed by atoms with Gasteiger partial charge in [0.2, 0.25) is 0 Å². The highest BCUT2D eigenvalue weighted by atomic mass is 16.5. The number of hydrogen-bond acceptors (Lipinski definition) is 6. The summed E-state index contributed by atoms with van der Waals surface area (Å²) in [5, 5.41) is 0. The molecule has 7 nitrogen and oxygen atoms in total. The Morgan fingerprint density at radius 1 is 1.33 bits per heavy atom. The van der Waals surface area contributed by atoms with Gasteiger partial charge in [-0.2, -0.15) is 0 Å². The SMILES string of the molecule is COc1ncc(CN2CCc3[nH]cnc3C23CCOCC3)c(C)n1. The summed E-state index contributed by atoms with van der Waals surface area (Å²) in [4.78, 5) is 19.2. The van der Waals surface area contributed by atoms with Gasteiger partial charge in [-0.25, -0.2) is 15.0 Å². The van der Waals surface area contributed by atoms with Gasteiger partial charge >= 0.3 is 6.01 Å². The van der Waals surface area contributed by atoms with Crippen LogP contribution in [0.2, 0.25) is 0 Å². The van der Waals surface area contributed by atoms with Crippen LogP contribution in [0.5, 0.6) is 6.01 Å². The van der Waals surface area contributed by atoms with Crippen LogP contribution in [-0.4, -0.2) is 51.7 Å². The summed E-state index contributed by atoms with van der Waals surface area (Å²) in [6, 6.07) is 0.422. The van der Waals surface area contributed by atoms with E-state index in [4.69, 9.17) is 9.47 Å². The Hall–Kier alpha value is -1.99. The van der Waals surface area contributed by atoms with Crippen molar-refractivity contribution in [2.24, 2.45) is 0 Å². The molecule has 1 fully saturated rings. The van der Waals surface area contributed by atoms with Crippen molar-refractivity contribution in [3.8, 4) is 6.01 Å². The monoisotopic (exact) mass is 329 g/mol. The van der Waals surface area contributed by atoms with Crippen molar-refractivity contribution in [2.45, 2.75) is 38.3 Å². The predicted octanol–water partition coefficient (Wildman–Crippen LogP) is 1.58. The van der Waals surface area contributed by atoms with Crippen LogP contribution >= 0.6 is 0 Å². The van der Waals surface area contributed by atoms with E-state index in [1.165, 1.54) is 11.4 Å². The quantitative estimate of drug-likeness (QED) is 0.921. The van der Waals surface area contributed by atoms with Gasteiger partial charge in [-0.05, 0) is 19.8 Å². The smallest absolute Gasteiger partial charge is 0.316 e. The van der Waals surface area contributed by atoms with E-state index in [1.807, 2.05) is 19.4 Å². The molecule has 0 bridgehead atoms. The first-order chi connectivity index (χ1) is 11.7. The lowest BCUT2D eigenvalue weighted by atomic mass is 9.80. The number of methoxy groups -OCH3 is 1. The van der Waals surface area contributed by atoms with Crippen molar-refractivity contribution >= 4 is 0 Å². The van der Waals surface area contributed by atoms with E-state index in [0.29, 0.717) is 6.01 Å². The third-order valence-electron chi connectivity index (χ3n) is 5.32. The van der Waals surface area contributed by atoms with E-state index in [0.717, 1.165) is 56.8 Å². The number of nitrogens with zero attached hydrogens (tertiary/aromatic N) is 4. The third-order valence-corrected chi connectivity index (χ3v) is 5.32. The van der Waals surface area contributed by atoms with Gasteiger partial charge in [-0.15, -0.1) is 0 Å². The highest BCUT2D eigenvalue weighted by molar-refractivity contribution is 5.28. The number of aromatic amines is 1. The van der Waals surface area contributed by atoms with Crippen molar-refractivity contribution in [1.29, 1.82) is 0 Å². The normalized spacial score (nSPS) is 20.1. The van der Waals surface area contributed by atoms with Crippen molar-refractivity contribution in [1.82, 2.24) is 24.8 Å². The second kappa shape index (κ2) is 6.14. The lowest BCUT2D eigenvalue weighted by molar-refractivity contribution is -0.0451. The van der Waals surface area contributed by atoms with Gasteiger partial charge in [-0.3, -0.25) is 4.90 Å². The molecular formula is C17H23N5O2. The molecule has 0 atom stereocenters. The number of imidazole rings is 1. The molecule has 2 aromatic heterocycles. The molecule has 0 saturated carbocycles. The van der Waals surface area contributed by atoms with Crippen LogP contribution in [0.4, 0.5) is 0 Å². The molecule has 4 heterocycles. The standard InChI is InChI=1S/C17H23N5O2/c1-12-13(9-18-16(21-12)23-2)10-22-6-3-14-15(20-11-19-14)17(22)4-7-24-8-5-17/h9,11H,3-8,10H2,1-2H3,(H,19,20). The van der Waals surface area contributed by atoms with Crippen LogP contribution in [-0.2, 0) is 23.2 Å². The number of aromatic nitrogens is 4. The van der Waals surface area contributed by atoms with E-state index in [1.54, 1.807) is 7.11 Å². The number of hydrogen-bond donors (Lipinski definition) is 1. The molecule has 1 spiro atoms. The Labute approximate surface area is 141 Å². The van der Waals surface area contributed by atoms with Crippen LogP contribution in [0.1, 0.15) is 35.5 Å². The molecule has 1 saturated heterocycles. The molecule has 0 aromatic carbocycles. The minimum absolute atomic E-state index is 0.0435. The molecule has 128 valence electrons. The molecule has 2 aromatic rings. The Morgan fingerprint density at radius 3 is 2.92 bits per heavy atom. The van der Waals surface area contributed by atoms with Crippen LogP contribution in [0, 0.1) is 6.92 Å². The molecular weight excluding hydrogens is 306 g/mol. The lowest BCUT2D eigenvalue weighted by Gasteiger charge is -2.48. The Kier molecular flexibility index (Phi) is 3.97. The zero-order valence-electron chi connectivity index (χ0n) is 14.2. The highest BCUT2D eigenvalue weighted by Gasteiger charge is 2.45. The number of rotatable bonds is 3. The first-order valence-corrected chi connectivity index (χ1v) is 8.45. The molecule has 4 rings (SSSR count). The molecule has 7 heteroatoms. The van der Waals surface area contributed by atoms with Gasteiger partial charge in [0, 0.05) is 55.9 Å². The second-order valence-electron chi connectivity index (χ2n) is 6.51. The largest absolute Gasteiger partial charge is 0.467 e. The molecule has 0 radical (unpaired) electrons. The number of H-pyrrole nitrogens is 1. The summed E-state index contributed by atoms with van der Waals surface area (Å²) in [6.45, 7) is 5.39. The van der Waals surface area contributed by atoms with Crippen LogP contribution in [0.15, 0.2) is 12.5 Å². The maximum Gasteiger partial charge on any atom is 0.316 e. The maximum atomic E-state index is 5.64. The first kappa shape index (κ1) is 15.5. The summed E-state index contributed by atoms with van der Waals surface area (Å²) >= 11 is 0. The molecule has 2 aliphatic heterocycles. The fourth-order valence-electron chi connectivity index (χ4n) is 3.95. The van der Waals surface area contributed by atoms with Crippen molar-refractivity contribution in [3.05, 3.63) is 35.2 Å². The Bertz CT molecular complexity index is 724. The summed E-state index contributed by atoms with van der Waals surface area (Å²) in [6.07, 6.45) is 6.65. The van der Waals surface area contributed by atoms with E-state index >= 15 is 0 Å². The summed E-state index contributed by atoms with van der Waals surface area (Å²) in [5.41, 5.74) is 4.54. The zero-order valence-corrected chi connectivity index (χ0v) is 14.2. The second-order valence-corrected chi connectivity index (χ2v) is 6.51. The molecule has 0 unspecified atom stereocenters. The van der Waals surface area contributed by atoms with Crippen molar-refractivity contribution in [2.75, 3.05) is 26.9 Å². The van der Waals surface area contributed by atoms with Crippen molar-refractivity contribution < 1.29 is 9.47 Å². The van der Waals surface area contributed by atoms with Gasteiger partial charge in [0.05, 0.1) is 24.7 Å². The average molecular weight is 329 g/mol. The van der Waals surface area contributed by atoms with Crippen LogP contribution in [0.25, 0.3) is 0 Å². The predicted molar refractivity (Wildman–Crippen MR) is 87.8 cm³/mol. The number of fused-ring (bicyclic) bond motifs is 2. The van der Waals surface area contributed by atoms with Crippen LogP contribution < -0.4 is 4.74 Å². The maximum absolute atomic E-state index is 5.64. The van der Waals surface area contributed by atoms with Gasteiger partial charge in [0.1, 0.15) is 0 Å². The summed E-state index contributed by atoms with van der Waals surface area (Å²) in [7, 11) is 1.59. The van der Waals surface area contributed by atoms with Crippen LogP contribution in [0.3, 0.4) is 0 Å². The highest BCUT2D eigenvalue weighted by Crippen LogP contribution is 2.42. The summed E-state index contributed by atoms with van der Waals surface area (Å²) < 4.78 is 10.8. The van der Waals surface area contributed by atoms with E-state index < -0.39 is 0 Å². The minimum atomic E-state index is -0.0435. The van der Waals surface area contributed by atoms with Gasteiger partial charge in [0.25, 0.3) is 0 Å². The lowest BCUT2D eigenvalue weighted by Crippen LogP contribution is -2.53. The van der Waals surface area contributed by atoms with Gasteiger partial charge in [-0.1, -0.05) is 0 Å². The van der Waals surface area contributed by atoms with Gasteiger partial charge in [0.15, 0.2) is 0 Å². The Morgan fingerprint density at radius 2 is 2.17 bits per heavy atom. The molecule has 24 heavy (non-hydrogen) atoms. The van der Waals surface area contributed by atoms with E-state index in [2.05, 4.69) is 24.8 Å². The Balaban J connectivity index is 1.67. The zero-order chi connectivity index (χ0) is 16.6. The third kappa shape index (κ3) is 2.48. The first-order valence-electron chi connectivity index (χ1n) is 8.45. The number of aryl methyl sites for hydroxylation is 1. The average Bonchev–Trinajstić information content (AvgIpc) is 3.10. The topological polar surface area (TPSA) is 76.2 Å². The van der Waals surface area contributed by atoms with E-state index in [-0.39, 0.29) is 5.54 Å². The van der Waals surface area contributed by atoms with E-state index in [9.17, 15) is 0 Å². The fourth-order valence-corrected chi connectivity index (χ4v) is 3.95. The van der Waals surface area contributed by atoms with Crippen molar-refractivity contribution in [3.63, 3.8) is 0 Å². The number of nitrogens with one attached hydrogen (secondary N) is 1. The fraction of sp³-hybridized carbons (Fsp3) is 0.588. The minimum Gasteiger partial charge on any atom is -0.467 e.